The van der Waals surface area contributed by atoms with Gasteiger partial charge in [0.1, 0.15) is 5.75 Å². The van der Waals surface area contributed by atoms with Crippen LogP contribution < -0.4 is 4.74 Å². The predicted octanol–water partition coefficient (Wildman–Crippen LogP) is 4.59. The minimum Gasteiger partial charge on any atom is -0.493 e. The van der Waals surface area contributed by atoms with Crippen molar-refractivity contribution in [3.05, 3.63) is 63.7 Å². The summed E-state index contributed by atoms with van der Waals surface area (Å²) in [5, 5.41) is 0.471. The molecule has 0 aliphatic heterocycles. The highest BCUT2D eigenvalue weighted by atomic mass is 35.5. The lowest BCUT2D eigenvalue weighted by Gasteiger charge is -2.11. The van der Waals surface area contributed by atoms with Crippen LogP contribution >= 0.6 is 11.6 Å². The molecule has 0 spiro atoms. The Balaban J connectivity index is 2.49. The lowest BCUT2D eigenvalue weighted by molar-refractivity contribution is 0.103. The summed E-state index contributed by atoms with van der Waals surface area (Å²) in [7, 11) is 0. The first-order valence-corrected chi connectivity index (χ1v) is 6.95. The van der Waals surface area contributed by atoms with Gasteiger partial charge in [0.05, 0.1) is 17.2 Å². The zero-order valence-corrected chi connectivity index (χ0v) is 12.6. The molecule has 0 aliphatic rings. The Kier molecular flexibility index (Phi) is 4.46. The molecule has 0 bridgehead atoms. The van der Waals surface area contributed by atoms with Crippen LogP contribution in [-0.4, -0.2) is 12.4 Å². The fraction of sp³-hybridized carbons (Fsp3) is 0.235. The molecule has 0 saturated heterocycles. The van der Waals surface area contributed by atoms with Gasteiger partial charge in [-0.25, -0.2) is 0 Å². The van der Waals surface area contributed by atoms with Gasteiger partial charge in [0.15, 0.2) is 5.78 Å². The van der Waals surface area contributed by atoms with Gasteiger partial charge < -0.3 is 4.74 Å². The molecule has 2 rings (SSSR count). The van der Waals surface area contributed by atoms with E-state index < -0.39 is 0 Å². The highest BCUT2D eigenvalue weighted by Gasteiger charge is 2.17. The van der Waals surface area contributed by atoms with Crippen LogP contribution in [0.1, 0.15) is 34.0 Å². The number of carbonyl (C=O) groups excluding carboxylic acids is 1. The third kappa shape index (κ3) is 3.02. The smallest absolute Gasteiger partial charge is 0.198 e. The second-order valence-electron chi connectivity index (χ2n) is 4.75. The summed E-state index contributed by atoms with van der Waals surface area (Å²) in [4.78, 5) is 12.7. The summed E-state index contributed by atoms with van der Waals surface area (Å²) >= 11 is 6.18. The van der Waals surface area contributed by atoms with Gasteiger partial charge in [0, 0.05) is 5.56 Å². The first-order chi connectivity index (χ1) is 9.52. The maximum absolute atomic E-state index is 12.7. The van der Waals surface area contributed by atoms with Gasteiger partial charge in [-0.1, -0.05) is 29.3 Å². The third-order valence-corrected chi connectivity index (χ3v) is 3.36. The maximum atomic E-state index is 12.7. The second kappa shape index (κ2) is 6.10. The molecule has 20 heavy (non-hydrogen) atoms. The molecule has 0 radical (unpaired) electrons. The minimum atomic E-state index is -0.109. The normalized spacial score (nSPS) is 10.4. The van der Waals surface area contributed by atoms with Gasteiger partial charge in [-0.3, -0.25) is 4.79 Å². The fourth-order valence-electron chi connectivity index (χ4n) is 2.05. The van der Waals surface area contributed by atoms with E-state index in [1.165, 1.54) is 0 Å². The minimum absolute atomic E-state index is 0.109. The number of carbonyl (C=O) groups is 1. The number of ketones is 1. The molecule has 2 nitrogen and oxygen atoms in total. The molecule has 0 aromatic heterocycles. The second-order valence-corrected chi connectivity index (χ2v) is 5.15. The van der Waals surface area contributed by atoms with Crippen LogP contribution in [-0.2, 0) is 0 Å². The number of hydrogen-bond donors (Lipinski definition) is 0. The molecule has 0 atom stereocenters. The van der Waals surface area contributed by atoms with Gasteiger partial charge in [0.2, 0.25) is 0 Å². The van der Waals surface area contributed by atoms with Crippen LogP contribution in [0.5, 0.6) is 5.75 Å². The predicted molar refractivity (Wildman–Crippen MR) is 82.0 cm³/mol. The molecule has 0 aliphatic carbocycles. The number of halogens is 1. The van der Waals surface area contributed by atoms with E-state index in [1.54, 1.807) is 12.1 Å². The zero-order chi connectivity index (χ0) is 14.7. The molecule has 104 valence electrons. The van der Waals surface area contributed by atoms with E-state index in [2.05, 4.69) is 0 Å². The molecule has 0 N–H and O–H groups in total. The highest BCUT2D eigenvalue weighted by Crippen LogP contribution is 2.27. The topological polar surface area (TPSA) is 26.3 Å². The van der Waals surface area contributed by atoms with Gasteiger partial charge in [0.25, 0.3) is 0 Å². The SMILES string of the molecule is CCOc1ccc(C)cc1C(=O)c1ccc(C)cc1Cl. The van der Waals surface area contributed by atoms with E-state index in [0.29, 0.717) is 28.5 Å². The Morgan fingerprint density at radius 2 is 1.70 bits per heavy atom. The van der Waals surface area contributed by atoms with Crippen molar-refractivity contribution in [1.82, 2.24) is 0 Å². The van der Waals surface area contributed by atoms with Crippen LogP contribution in [0.2, 0.25) is 5.02 Å². The lowest BCUT2D eigenvalue weighted by atomic mass is 9.99. The van der Waals surface area contributed by atoms with E-state index in [4.69, 9.17) is 16.3 Å². The maximum Gasteiger partial charge on any atom is 0.198 e. The van der Waals surface area contributed by atoms with Crippen molar-refractivity contribution in [3.63, 3.8) is 0 Å². The van der Waals surface area contributed by atoms with E-state index in [1.807, 2.05) is 45.0 Å². The van der Waals surface area contributed by atoms with E-state index in [-0.39, 0.29) is 5.78 Å². The van der Waals surface area contributed by atoms with Gasteiger partial charge in [-0.05, 0) is 50.6 Å². The first-order valence-electron chi connectivity index (χ1n) is 6.57. The lowest BCUT2D eigenvalue weighted by Crippen LogP contribution is -2.06. The number of rotatable bonds is 4. The van der Waals surface area contributed by atoms with Crippen molar-refractivity contribution in [2.75, 3.05) is 6.61 Å². The Labute approximate surface area is 124 Å². The molecule has 0 unspecified atom stereocenters. The number of benzene rings is 2. The van der Waals surface area contributed by atoms with Gasteiger partial charge in [-0.15, -0.1) is 0 Å². The Morgan fingerprint density at radius 1 is 1.05 bits per heavy atom. The first kappa shape index (κ1) is 14.6. The Bertz CT molecular complexity index is 647. The van der Waals surface area contributed by atoms with Crippen LogP contribution in [0.15, 0.2) is 36.4 Å². The standard InChI is InChI=1S/C17H17ClO2/c1-4-20-16-8-6-11(2)9-14(16)17(19)13-7-5-12(3)10-15(13)18/h5-10H,4H2,1-3H3. The van der Waals surface area contributed by atoms with Crippen molar-refractivity contribution in [2.24, 2.45) is 0 Å². The molecular formula is C17H17ClO2. The quantitative estimate of drug-likeness (QED) is 0.769. The summed E-state index contributed by atoms with van der Waals surface area (Å²) in [5.41, 5.74) is 3.10. The summed E-state index contributed by atoms with van der Waals surface area (Å²) in [6.07, 6.45) is 0. The van der Waals surface area contributed by atoms with Crippen LogP contribution in [0.25, 0.3) is 0 Å². The average Bonchev–Trinajstić information content (AvgIpc) is 2.40. The Hall–Kier alpha value is -1.80. The van der Waals surface area contributed by atoms with Crippen molar-refractivity contribution in [2.45, 2.75) is 20.8 Å². The van der Waals surface area contributed by atoms with E-state index >= 15 is 0 Å². The molecule has 3 heteroatoms. The molecule has 0 fully saturated rings. The Morgan fingerprint density at radius 3 is 2.35 bits per heavy atom. The van der Waals surface area contributed by atoms with Crippen molar-refractivity contribution < 1.29 is 9.53 Å². The van der Waals surface area contributed by atoms with E-state index in [9.17, 15) is 4.79 Å². The fourth-order valence-corrected chi connectivity index (χ4v) is 2.37. The summed E-state index contributed by atoms with van der Waals surface area (Å²) < 4.78 is 5.53. The highest BCUT2D eigenvalue weighted by molar-refractivity contribution is 6.35. The van der Waals surface area contributed by atoms with Crippen molar-refractivity contribution in [1.29, 1.82) is 0 Å². The van der Waals surface area contributed by atoms with Crippen LogP contribution in [0.3, 0.4) is 0 Å². The largest absolute Gasteiger partial charge is 0.493 e. The van der Waals surface area contributed by atoms with Gasteiger partial charge >= 0.3 is 0 Å². The molecule has 2 aromatic rings. The van der Waals surface area contributed by atoms with Crippen LogP contribution in [0, 0.1) is 13.8 Å². The summed E-state index contributed by atoms with van der Waals surface area (Å²) in [5.74, 6) is 0.488. The van der Waals surface area contributed by atoms with Crippen molar-refractivity contribution in [3.8, 4) is 5.75 Å². The zero-order valence-electron chi connectivity index (χ0n) is 11.9. The average molecular weight is 289 g/mol. The number of ether oxygens (including phenoxy) is 1. The van der Waals surface area contributed by atoms with Crippen molar-refractivity contribution >= 4 is 17.4 Å². The number of aryl methyl sites for hydroxylation is 2. The summed E-state index contributed by atoms with van der Waals surface area (Å²) in [6.45, 7) is 6.31. The number of hydrogen-bond acceptors (Lipinski definition) is 2. The monoisotopic (exact) mass is 288 g/mol. The third-order valence-electron chi connectivity index (χ3n) is 3.05. The molecule has 0 heterocycles. The molecular weight excluding hydrogens is 272 g/mol. The van der Waals surface area contributed by atoms with E-state index in [0.717, 1.165) is 11.1 Å². The summed E-state index contributed by atoms with van der Waals surface area (Å²) in [6, 6.07) is 11.0. The van der Waals surface area contributed by atoms with Crippen LogP contribution in [0.4, 0.5) is 0 Å². The molecule has 2 aromatic carbocycles. The van der Waals surface area contributed by atoms with Gasteiger partial charge in [-0.2, -0.15) is 0 Å². The molecule has 0 amide bonds. The molecule has 0 saturated carbocycles.